The van der Waals surface area contributed by atoms with Gasteiger partial charge in [0.2, 0.25) is 0 Å². The summed E-state index contributed by atoms with van der Waals surface area (Å²) in [5.41, 5.74) is 3.37. The molecule has 0 amide bonds. The minimum atomic E-state index is 0.676. The standard InChI is InChI=1S/C12H18N2/c1-9-10(2)14-12(8-13-9)11-6-4-3-5-7-11/h8,11H,3-7H2,1-2H3. The minimum absolute atomic E-state index is 0.676. The fraction of sp³-hybridized carbons (Fsp3) is 0.667. The topological polar surface area (TPSA) is 25.8 Å². The van der Waals surface area contributed by atoms with Gasteiger partial charge in [-0.1, -0.05) is 19.3 Å². The van der Waals surface area contributed by atoms with Crippen LogP contribution in [0.3, 0.4) is 0 Å². The monoisotopic (exact) mass is 190 g/mol. The lowest BCUT2D eigenvalue weighted by atomic mass is 9.87. The summed E-state index contributed by atoms with van der Waals surface area (Å²) in [6.45, 7) is 4.07. The molecule has 14 heavy (non-hydrogen) atoms. The first kappa shape index (κ1) is 9.63. The maximum atomic E-state index is 4.63. The largest absolute Gasteiger partial charge is 0.258 e. The Labute approximate surface area is 85.8 Å². The Morgan fingerprint density at radius 1 is 1.07 bits per heavy atom. The third kappa shape index (κ3) is 1.94. The second-order valence-electron chi connectivity index (χ2n) is 4.30. The van der Waals surface area contributed by atoms with Gasteiger partial charge in [0, 0.05) is 12.1 Å². The van der Waals surface area contributed by atoms with E-state index in [9.17, 15) is 0 Å². The zero-order chi connectivity index (χ0) is 9.97. The van der Waals surface area contributed by atoms with E-state index in [2.05, 4.69) is 16.9 Å². The van der Waals surface area contributed by atoms with Crippen molar-refractivity contribution in [3.05, 3.63) is 23.3 Å². The van der Waals surface area contributed by atoms with Gasteiger partial charge in [-0.2, -0.15) is 0 Å². The summed E-state index contributed by atoms with van der Waals surface area (Å²) in [6.07, 6.45) is 8.69. The summed E-state index contributed by atoms with van der Waals surface area (Å²) in [7, 11) is 0. The van der Waals surface area contributed by atoms with Gasteiger partial charge in [0.15, 0.2) is 0 Å². The van der Waals surface area contributed by atoms with E-state index in [-0.39, 0.29) is 0 Å². The van der Waals surface area contributed by atoms with Gasteiger partial charge in [-0.05, 0) is 26.7 Å². The van der Waals surface area contributed by atoms with Gasteiger partial charge in [-0.25, -0.2) is 0 Å². The van der Waals surface area contributed by atoms with E-state index in [1.807, 2.05) is 13.1 Å². The summed E-state index contributed by atoms with van der Waals surface area (Å²) >= 11 is 0. The number of aromatic nitrogens is 2. The van der Waals surface area contributed by atoms with E-state index >= 15 is 0 Å². The maximum Gasteiger partial charge on any atom is 0.0620 e. The van der Waals surface area contributed by atoms with Gasteiger partial charge < -0.3 is 0 Å². The average molecular weight is 190 g/mol. The molecule has 1 aromatic heterocycles. The van der Waals surface area contributed by atoms with Crippen LogP contribution in [-0.2, 0) is 0 Å². The number of nitrogens with zero attached hydrogens (tertiary/aromatic N) is 2. The van der Waals surface area contributed by atoms with Gasteiger partial charge in [0.1, 0.15) is 0 Å². The van der Waals surface area contributed by atoms with Gasteiger partial charge in [-0.3, -0.25) is 9.97 Å². The molecule has 0 saturated heterocycles. The Balaban J connectivity index is 2.18. The maximum absolute atomic E-state index is 4.63. The van der Waals surface area contributed by atoms with Crippen molar-refractivity contribution < 1.29 is 0 Å². The summed E-state index contributed by atoms with van der Waals surface area (Å²) < 4.78 is 0. The summed E-state index contributed by atoms with van der Waals surface area (Å²) in [4.78, 5) is 9.03. The molecule has 0 spiro atoms. The smallest absolute Gasteiger partial charge is 0.0620 e. The fourth-order valence-corrected chi connectivity index (χ4v) is 2.15. The van der Waals surface area contributed by atoms with Crippen molar-refractivity contribution in [2.75, 3.05) is 0 Å². The molecule has 2 heteroatoms. The zero-order valence-electron chi connectivity index (χ0n) is 9.08. The van der Waals surface area contributed by atoms with E-state index in [1.165, 1.54) is 37.8 Å². The van der Waals surface area contributed by atoms with Crippen molar-refractivity contribution in [1.82, 2.24) is 9.97 Å². The van der Waals surface area contributed by atoms with Crippen molar-refractivity contribution in [3.8, 4) is 0 Å². The highest BCUT2D eigenvalue weighted by Gasteiger charge is 2.17. The molecule has 0 radical (unpaired) electrons. The van der Waals surface area contributed by atoms with Crippen LogP contribution in [0, 0.1) is 13.8 Å². The molecule has 0 unspecified atom stereocenters. The number of hydrogen-bond acceptors (Lipinski definition) is 2. The van der Waals surface area contributed by atoms with Crippen LogP contribution in [0.2, 0.25) is 0 Å². The third-order valence-corrected chi connectivity index (χ3v) is 3.23. The molecule has 1 saturated carbocycles. The van der Waals surface area contributed by atoms with Crippen LogP contribution < -0.4 is 0 Å². The van der Waals surface area contributed by atoms with Crippen LogP contribution in [0.1, 0.15) is 55.1 Å². The van der Waals surface area contributed by atoms with Crippen LogP contribution in [0.5, 0.6) is 0 Å². The van der Waals surface area contributed by atoms with Gasteiger partial charge >= 0.3 is 0 Å². The van der Waals surface area contributed by atoms with Crippen molar-refractivity contribution in [2.45, 2.75) is 51.9 Å². The third-order valence-electron chi connectivity index (χ3n) is 3.23. The molecule has 2 rings (SSSR count). The van der Waals surface area contributed by atoms with Gasteiger partial charge in [0.05, 0.1) is 17.1 Å². The Morgan fingerprint density at radius 3 is 2.43 bits per heavy atom. The highest BCUT2D eigenvalue weighted by atomic mass is 14.8. The Morgan fingerprint density at radius 2 is 1.79 bits per heavy atom. The first-order valence-electron chi connectivity index (χ1n) is 5.57. The normalized spacial score (nSPS) is 18.4. The van der Waals surface area contributed by atoms with Crippen molar-refractivity contribution in [1.29, 1.82) is 0 Å². The molecule has 0 aromatic carbocycles. The number of rotatable bonds is 1. The number of aryl methyl sites for hydroxylation is 2. The van der Waals surface area contributed by atoms with Gasteiger partial charge in [0.25, 0.3) is 0 Å². The molecule has 76 valence electrons. The summed E-state index contributed by atoms with van der Waals surface area (Å²) in [6, 6.07) is 0. The Kier molecular flexibility index (Phi) is 2.80. The summed E-state index contributed by atoms with van der Waals surface area (Å²) in [5.74, 6) is 0.676. The molecule has 1 fully saturated rings. The van der Waals surface area contributed by atoms with E-state index in [4.69, 9.17) is 0 Å². The molecule has 0 atom stereocenters. The molecular formula is C12H18N2. The van der Waals surface area contributed by atoms with E-state index in [0.29, 0.717) is 5.92 Å². The molecule has 0 N–H and O–H groups in total. The second kappa shape index (κ2) is 4.07. The van der Waals surface area contributed by atoms with Crippen LogP contribution >= 0.6 is 0 Å². The average Bonchev–Trinajstić information content (AvgIpc) is 2.23. The Bertz CT molecular complexity index is 314. The van der Waals surface area contributed by atoms with Crippen molar-refractivity contribution >= 4 is 0 Å². The predicted octanol–water partition coefficient (Wildman–Crippen LogP) is 3.14. The first-order valence-corrected chi connectivity index (χ1v) is 5.57. The van der Waals surface area contributed by atoms with E-state index in [0.717, 1.165) is 11.4 Å². The molecular weight excluding hydrogens is 172 g/mol. The molecule has 1 aliphatic carbocycles. The van der Waals surface area contributed by atoms with Gasteiger partial charge in [-0.15, -0.1) is 0 Å². The fourth-order valence-electron chi connectivity index (χ4n) is 2.15. The molecule has 0 bridgehead atoms. The number of hydrogen-bond donors (Lipinski definition) is 0. The molecule has 1 aromatic rings. The molecule has 1 heterocycles. The van der Waals surface area contributed by atoms with Crippen LogP contribution in [0.25, 0.3) is 0 Å². The van der Waals surface area contributed by atoms with Crippen molar-refractivity contribution in [3.63, 3.8) is 0 Å². The van der Waals surface area contributed by atoms with Crippen molar-refractivity contribution in [2.24, 2.45) is 0 Å². The lowest BCUT2D eigenvalue weighted by molar-refractivity contribution is 0.435. The van der Waals surface area contributed by atoms with Crippen LogP contribution in [0.4, 0.5) is 0 Å². The SMILES string of the molecule is Cc1ncc(C2CCCCC2)nc1C. The molecule has 0 aliphatic heterocycles. The van der Waals surface area contributed by atoms with E-state index in [1.54, 1.807) is 0 Å². The van der Waals surface area contributed by atoms with E-state index < -0.39 is 0 Å². The van der Waals surface area contributed by atoms with Crippen LogP contribution in [-0.4, -0.2) is 9.97 Å². The predicted molar refractivity (Wildman–Crippen MR) is 57.3 cm³/mol. The lowest BCUT2D eigenvalue weighted by Crippen LogP contribution is -2.08. The Hall–Kier alpha value is -0.920. The highest BCUT2D eigenvalue weighted by Crippen LogP contribution is 2.31. The molecule has 1 aliphatic rings. The second-order valence-corrected chi connectivity index (χ2v) is 4.30. The minimum Gasteiger partial charge on any atom is -0.258 e. The quantitative estimate of drug-likeness (QED) is 0.680. The van der Waals surface area contributed by atoms with Crippen LogP contribution in [0.15, 0.2) is 6.20 Å². The summed E-state index contributed by atoms with van der Waals surface area (Å²) in [5, 5.41) is 0. The first-order chi connectivity index (χ1) is 6.77. The zero-order valence-corrected chi connectivity index (χ0v) is 9.08. The lowest BCUT2D eigenvalue weighted by Gasteiger charge is -2.21. The highest BCUT2D eigenvalue weighted by molar-refractivity contribution is 5.14. The molecule has 2 nitrogen and oxygen atoms in total.